The van der Waals surface area contributed by atoms with Crippen molar-refractivity contribution in [2.24, 2.45) is 0 Å². The van der Waals surface area contributed by atoms with Crippen molar-refractivity contribution in [2.45, 2.75) is 39.5 Å². The number of aromatic hydroxyl groups is 2. The Kier molecular flexibility index (Phi) is 3.38. The lowest BCUT2D eigenvalue weighted by atomic mass is 10.1. The van der Waals surface area contributed by atoms with Crippen LogP contribution in [0.15, 0.2) is 42.5 Å². The Balaban J connectivity index is 1.95. The predicted octanol–water partition coefficient (Wildman–Crippen LogP) is 3.54. The number of rotatable bonds is 3. The number of phenolic OH excluding ortho intramolecular Hbond substituents is 2. The summed E-state index contributed by atoms with van der Waals surface area (Å²) in [5, 5.41) is 19.5. The Morgan fingerprint density at radius 1 is 0.952 bits per heavy atom. The maximum atomic E-state index is 9.73. The lowest BCUT2D eigenvalue weighted by Gasteiger charge is -2.38. The fraction of sp³-hybridized carbons (Fsp3) is 0.333. The van der Waals surface area contributed by atoms with Crippen LogP contribution in [0.5, 0.6) is 11.5 Å². The number of fused-ring (bicyclic) bond motifs is 1. The average molecular weight is 284 g/mol. The molecule has 0 atom stereocenters. The minimum Gasteiger partial charge on any atom is -0.504 e. The molecule has 2 aromatic carbocycles. The molecular weight excluding hydrogens is 262 g/mol. The van der Waals surface area contributed by atoms with Crippen molar-refractivity contribution in [3.63, 3.8) is 0 Å². The molecule has 3 nitrogen and oxygen atoms in total. The summed E-state index contributed by atoms with van der Waals surface area (Å²) in [6, 6.07) is 14.4. The van der Waals surface area contributed by atoms with Crippen LogP contribution in [-0.2, 0) is 19.6 Å². The highest BCUT2D eigenvalue weighted by atomic mass is 16.3. The molecule has 0 aliphatic carbocycles. The van der Waals surface area contributed by atoms with Crippen LogP contribution in [0.25, 0.3) is 0 Å². The normalized spacial score (nSPS) is 16.1. The molecule has 1 aliphatic rings. The summed E-state index contributed by atoms with van der Waals surface area (Å²) in [4.78, 5) is 0. The highest BCUT2D eigenvalue weighted by Gasteiger charge is 2.39. The minimum atomic E-state index is -0.0165. The Hall–Kier alpha value is -2.00. The zero-order chi connectivity index (χ0) is 15.0. The Morgan fingerprint density at radius 3 is 1.95 bits per heavy atom. The van der Waals surface area contributed by atoms with E-state index in [-0.39, 0.29) is 11.5 Å². The van der Waals surface area contributed by atoms with E-state index in [4.69, 9.17) is 0 Å². The SMILES string of the molecule is CC(C)[N+]1(Cc2ccccc2)Cc2cc(O)c(O)cc2C1. The zero-order valence-electron chi connectivity index (χ0n) is 12.6. The van der Waals surface area contributed by atoms with E-state index in [0.717, 1.165) is 35.2 Å². The molecule has 0 unspecified atom stereocenters. The van der Waals surface area contributed by atoms with Gasteiger partial charge in [0, 0.05) is 16.7 Å². The van der Waals surface area contributed by atoms with Crippen molar-refractivity contribution in [2.75, 3.05) is 0 Å². The van der Waals surface area contributed by atoms with Gasteiger partial charge in [-0.2, -0.15) is 0 Å². The summed E-state index contributed by atoms with van der Waals surface area (Å²) in [6.07, 6.45) is 0. The Labute approximate surface area is 125 Å². The summed E-state index contributed by atoms with van der Waals surface area (Å²) in [7, 11) is 0. The molecule has 1 aliphatic heterocycles. The maximum absolute atomic E-state index is 9.73. The van der Waals surface area contributed by atoms with E-state index in [1.54, 1.807) is 12.1 Å². The van der Waals surface area contributed by atoms with Crippen molar-refractivity contribution < 1.29 is 14.7 Å². The van der Waals surface area contributed by atoms with Crippen molar-refractivity contribution in [3.05, 3.63) is 59.2 Å². The number of quaternary nitrogens is 1. The van der Waals surface area contributed by atoms with Gasteiger partial charge in [-0.15, -0.1) is 0 Å². The second kappa shape index (κ2) is 5.08. The molecule has 3 heteroatoms. The molecule has 2 N–H and O–H groups in total. The van der Waals surface area contributed by atoms with Gasteiger partial charge in [0.1, 0.15) is 19.6 Å². The highest BCUT2D eigenvalue weighted by Crippen LogP contribution is 2.39. The molecule has 0 spiro atoms. The van der Waals surface area contributed by atoms with E-state index in [1.807, 2.05) is 6.07 Å². The van der Waals surface area contributed by atoms with E-state index in [2.05, 4.69) is 38.1 Å². The van der Waals surface area contributed by atoms with Gasteiger partial charge in [-0.1, -0.05) is 30.3 Å². The van der Waals surface area contributed by atoms with Crippen LogP contribution in [0.3, 0.4) is 0 Å². The fourth-order valence-corrected chi connectivity index (χ4v) is 3.30. The number of nitrogens with zero attached hydrogens (tertiary/aromatic N) is 1. The van der Waals surface area contributed by atoms with Crippen LogP contribution in [0.2, 0.25) is 0 Å². The molecule has 0 bridgehead atoms. The molecule has 0 saturated carbocycles. The standard InChI is InChI=1S/C18H21NO2/c1-13(2)19(10-14-6-4-3-5-7-14)11-15-8-17(20)18(21)9-16(15)12-19/h3-9,13H,10-12H2,1-2H3,(H-,20,21)/p+1. The van der Waals surface area contributed by atoms with E-state index in [0.29, 0.717) is 6.04 Å². The Bertz CT molecular complexity index is 619. The summed E-state index contributed by atoms with van der Waals surface area (Å²) in [5.74, 6) is -0.0329. The molecule has 21 heavy (non-hydrogen) atoms. The first kappa shape index (κ1) is 14.0. The number of benzene rings is 2. The highest BCUT2D eigenvalue weighted by molar-refractivity contribution is 5.46. The second-order valence-corrected chi connectivity index (χ2v) is 6.38. The quantitative estimate of drug-likeness (QED) is 0.668. The van der Waals surface area contributed by atoms with Gasteiger partial charge in [-0.3, -0.25) is 0 Å². The van der Waals surface area contributed by atoms with E-state index < -0.39 is 0 Å². The third-order valence-corrected chi connectivity index (χ3v) is 4.70. The van der Waals surface area contributed by atoms with Crippen LogP contribution < -0.4 is 0 Å². The zero-order valence-corrected chi connectivity index (χ0v) is 12.6. The van der Waals surface area contributed by atoms with E-state index >= 15 is 0 Å². The smallest absolute Gasteiger partial charge is 0.157 e. The molecule has 0 saturated heterocycles. The second-order valence-electron chi connectivity index (χ2n) is 6.38. The third-order valence-electron chi connectivity index (χ3n) is 4.70. The minimum absolute atomic E-state index is 0.0165. The molecule has 3 rings (SSSR count). The summed E-state index contributed by atoms with van der Waals surface area (Å²) < 4.78 is 0.933. The predicted molar refractivity (Wildman–Crippen MR) is 82.7 cm³/mol. The van der Waals surface area contributed by atoms with Gasteiger partial charge in [0.25, 0.3) is 0 Å². The van der Waals surface area contributed by atoms with Crippen molar-refractivity contribution in [1.29, 1.82) is 0 Å². The van der Waals surface area contributed by atoms with E-state index in [1.165, 1.54) is 5.56 Å². The molecule has 1 heterocycles. The molecule has 0 amide bonds. The van der Waals surface area contributed by atoms with Gasteiger partial charge in [0.15, 0.2) is 11.5 Å². The molecule has 0 aromatic heterocycles. The molecule has 110 valence electrons. The summed E-state index contributed by atoms with van der Waals surface area (Å²) in [5.41, 5.74) is 3.62. The lowest BCUT2D eigenvalue weighted by molar-refractivity contribution is -0.978. The van der Waals surface area contributed by atoms with Gasteiger partial charge >= 0.3 is 0 Å². The number of hydrogen-bond donors (Lipinski definition) is 2. The first-order valence-corrected chi connectivity index (χ1v) is 7.43. The van der Waals surface area contributed by atoms with E-state index in [9.17, 15) is 10.2 Å². The van der Waals surface area contributed by atoms with Gasteiger partial charge in [0.05, 0.1) is 6.04 Å². The first-order valence-electron chi connectivity index (χ1n) is 7.43. The largest absolute Gasteiger partial charge is 0.504 e. The van der Waals surface area contributed by atoms with Crippen LogP contribution >= 0.6 is 0 Å². The van der Waals surface area contributed by atoms with Gasteiger partial charge in [0.2, 0.25) is 0 Å². The van der Waals surface area contributed by atoms with Crippen molar-refractivity contribution in [1.82, 2.24) is 0 Å². The average Bonchev–Trinajstić information content (AvgIpc) is 2.79. The number of phenols is 2. The van der Waals surface area contributed by atoms with Crippen LogP contribution in [-0.4, -0.2) is 20.7 Å². The number of hydrogen-bond acceptors (Lipinski definition) is 2. The molecular formula is C18H22NO2+. The van der Waals surface area contributed by atoms with Crippen LogP contribution in [0.1, 0.15) is 30.5 Å². The molecule has 2 aromatic rings. The van der Waals surface area contributed by atoms with Crippen molar-refractivity contribution >= 4 is 0 Å². The van der Waals surface area contributed by atoms with Crippen LogP contribution in [0, 0.1) is 0 Å². The molecule has 0 fully saturated rings. The summed E-state index contributed by atoms with van der Waals surface area (Å²) >= 11 is 0. The van der Waals surface area contributed by atoms with Crippen molar-refractivity contribution in [3.8, 4) is 11.5 Å². The third kappa shape index (κ3) is 2.49. The summed E-state index contributed by atoms with van der Waals surface area (Å²) in [6.45, 7) is 7.25. The Morgan fingerprint density at radius 2 is 1.48 bits per heavy atom. The fourth-order valence-electron chi connectivity index (χ4n) is 3.30. The monoisotopic (exact) mass is 284 g/mol. The molecule has 0 radical (unpaired) electrons. The lowest BCUT2D eigenvalue weighted by Crippen LogP contribution is -2.47. The van der Waals surface area contributed by atoms with Crippen LogP contribution in [0.4, 0.5) is 0 Å². The maximum Gasteiger partial charge on any atom is 0.157 e. The van der Waals surface area contributed by atoms with Gasteiger partial charge in [-0.05, 0) is 26.0 Å². The first-order chi connectivity index (χ1) is 10.00. The van der Waals surface area contributed by atoms with Gasteiger partial charge < -0.3 is 14.7 Å². The van der Waals surface area contributed by atoms with Gasteiger partial charge in [-0.25, -0.2) is 0 Å². The topological polar surface area (TPSA) is 40.5 Å².